The Morgan fingerprint density at radius 1 is 0.619 bits per heavy atom. The van der Waals surface area contributed by atoms with Crippen LogP contribution in [0.4, 0.5) is 0 Å². The molecular formula is C19H41NO. The van der Waals surface area contributed by atoms with Crippen LogP contribution in [0.1, 0.15) is 110 Å². The molecule has 2 unspecified atom stereocenters. The van der Waals surface area contributed by atoms with Crippen LogP contribution in [0, 0.1) is 0 Å². The van der Waals surface area contributed by atoms with Crippen molar-refractivity contribution in [3.05, 3.63) is 0 Å². The lowest BCUT2D eigenvalue weighted by Gasteiger charge is -2.18. The first-order valence-corrected chi connectivity index (χ1v) is 9.66. The van der Waals surface area contributed by atoms with Gasteiger partial charge in [0.25, 0.3) is 0 Å². The average Bonchev–Trinajstić information content (AvgIpc) is 2.49. The molecule has 0 aromatic carbocycles. The second-order valence-electron chi connectivity index (χ2n) is 6.70. The predicted molar refractivity (Wildman–Crippen MR) is 94.6 cm³/mol. The molecule has 2 nitrogen and oxygen atoms in total. The van der Waals surface area contributed by atoms with E-state index in [0.717, 1.165) is 19.3 Å². The topological polar surface area (TPSA) is 46.2 Å². The zero-order valence-electron chi connectivity index (χ0n) is 14.8. The fraction of sp³-hybridized carbons (Fsp3) is 1.00. The molecule has 0 bridgehead atoms. The molecule has 0 aromatic rings. The van der Waals surface area contributed by atoms with Crippen molar-refractivity contribution in [3.63, 3.8) is 0 Å². The first-order chi connectivity index (χ1) is 10.2. The molecule has 0 aliphatic carbocycles. The first-order valence-electron chi connectivity index (χ1n) is 9.66. The Morgan fingerprint density at radius 3 is 1.48 bits per heavy atom. The molecule has 3 N–H and O–H groups in total. The third-order valence-electron chi connectivity index (χ3n) is 4.49. The van der Waals surface area contributed by atoms with Gasteiger partial charge in [0, 0.05) is 6.04 Å². The standard InChI is InChI=1S/C19H41NO/c1-3-5-7-9-11-13-15-17-19(21)18(20)16-14-12-10-8-6-4-2/h18-19,21H,3-17,20H2,1-2H3. The molecule has 0 rings (SSSR count). The number of hydrogen-bond acceptors (Lipinski definition) is 2. The van der Waals surface area contributed by atoms with E-state index in [4.69, 9.17) is 5.73 Å². The van der Waals surface area contributed by atoms with Crippen LogP contribution in [0.25, 0.3) is 0 Å². The van der Waals surface area contributed by atoms with E-state index in [1.807, 2.05) is 0 Å². The summed E-state index contributed by atoms with van der Waals surface area (Å²) in [6, 6.07) is -0.00346. The Labute approximate surface area is 133 Å². The second kappa shape index (κ2) is 16.3. The van der Waals surface area contributed by atoms with Crippen LogP contribution in [0.5, 0.6) is 0 Å². The Morgan fingerprint density at radius 2 is 1.00 bits per heavy atom. The third kappa shape index (κ3) is 14.6. The molecule has 0 amide bonds. The molecule has 0 radical (unpaired) electrons. The second-order valence-corrected chi connectivity index (χ2v) is 6.70. The lowest BCUT2D eigenvalue weighted by molar-refractivity contribution is 0.126. The normalized spacial score (nSPS) is 14.3. The van der Waals surface area contributed by atoms with Crippen molar-refractivity contribution in [1.29, 1.82) is 0 Å². The van der Waals surface area contributed by atoms with Crippen molar-refractivity contribution in [2.24, 2.45) is 5.73 Å². The Balaban J connectivity index is 3.34. The number of aliphatic hydroxyl groups is 1. The number of unbranched alkanes of at least 4 members (excludes halogenated alkanes) is 11. The number of rotatable bonds is 16. The van der Waals surface area contributed by atoms with Crippen LogP contribution in [0.3, 0.4) is 0 Å². The summed E-state index contributed by atoms with van der Waals surface area (Å²) in [5, 5.41) is 10.1. The zero-order chi connectivity index (χ0) is 15.8. The van der Waals surface area contributed by atoms with Gasteiger partial charge in [0.05, 0.1) is 6.10 Å². The van der Waals surface area contributed by atoms with Crippen molar-refractivity contribution in [2.45, 2.75) is 122 Å². The molecule has 0 saturated carbocycles. The highest BCUT2D eigenvalue weighted by molar-refractivity contribution is 4.71. The Kier molecular flexibility index (Phi) is 16.2. The van der Waals surface area contributed by atoms with Crippen molar-refractivity contribution >= 4 is 0 Å². The van der Waals surface area contributed by atoms with E-state index in [2.05, 4.69) is 13.8 Å². The molecule has 2 atom stereocenters. The van der Waals surface area contributed by atoms with Gasteiger partial charge in [-0.15, -0.1) is 0 Å². The summed E-state index contributed by atoms with van der Waals surface area (Å²) in [6.07, 6.45) is 18.5. The highest BCUT2D eigenvalue weighted by Crippen LogP contribution is 2.14. The van der Waals surface area contributed by atoms with E-state index in [1.165, 1.54) is 77.0 Å². The van der Waals surface area contributed by atoms with Crippen LogP contribution < -0.4 is 5.73 Å². The van der Waals surface area contributed by atoms with Gasteiger partial charge in [-0.1, -0.05) is 97.3 Å². The maximum Gasteiger partial charge on any atom is 0.0691 e. The summed E-state index contributed by atoms with van der Waals surface area (Å²) in [7, 11) is 0. The van der Waals surface area contributed by atoms with E-state index in [0.29, 0.717) is 0 Å². The van der Waals surface area contributed by atoms with E-state index in [-0.39, 0.29) is 12.1 Å². The van der Waals surface area contributed by atoms with Gasteiger partial charge < -0.3 is 10.8 Å². The molecule has 0 aliphatic heterocycles. The Bertz CT molecular complexity index is 196. The van der Waals surface area contributed by atoms with Crippen molar-refractivity contribution in [1.82, 2.24) is 0 Å². The summed E-state index contributed by atoms with van der Waals surface area (Å²) >= 11 is 0. The highest BCUT2D eigenvalue weighted by atomic mass is 16.3. The van der Waals surface area contributed by atoms with Gasteiger partial charge in [-0.25, -0.2) is 0 Å². The van der Waals surface area contributed by atoms with Gasteiger partial charge in [-0.05, 0) is 12.8 Å². The number of nitrogens with two attached hydrogens (primary N) is 1. The van der Waals surface area contributed by atoms with Crippen molar-refractivity contribution in [2.75, 3.05) is 0 Å². The summed E-state index contributed by atoms with van der Waals surface area (Å²) in [4.78, 5) is 0. The first kappa shape index (κ1) is 20.9. The van der Waals surface area contributed by atoms with Crippen LogP contribution in [-0.2, 0) is 0 Å². The van der Waals surface area contributed by atoms with Gasteiger partial charge in [0.1, 0.15) is 0 Å². The number of aliphatic hydroxyl groups excluding tert-OH is 1. The lowest BCUT2D eigenvalue weighted by atomic mass is 9.98. The molecule has 0 fully saturated rings. The van der Waals surface area contributed by atoms with E-state index >= 15 is 0 Å². The van der Waals surface area contributed by atoms with Gasteiger partial charge >= 0.3 is 0 Å². The number of hydrogen-bond donors (Lipinski definition) is 2. The van der Waals surface area contributed by atoms with Crippen molar-refractivity contribution in [3.8, 4) is 0 Å². The Hall–Kier alpha value is -0.0800. The van der Waals surface area contributed by atoms with E-state index < -0.39 is 0 Å². The zero-order valence-corrected chi connectivity index (χ0v) is 14.8. The minimum atomic E-state index is -0.281. The summed E-state index contributed by atoms with van der Waals surface area (Å²) < 4.78 is 0. The van der Waals surface area contributed by atoms with Crippen LogP contribution in [0.15, 0.2) is 0 Å². The maximum atomic E-state index is 10.1. The van der Waals surface area contributed by atoms with Crippen LogP contribution in [-0.4, -0.2) is 17.3 Å². The molecule has 21 heavy (non-hydrogen) atoms. The smallest absolute Gasteiger partial charge is 0.0691 e. The lowest BCUT2D eigenvalue weighted by Crippen LogP contribution is -2.34. The van der Waals surface area contributed by atoms with Gasteiger partial charge in [0.15, 0.2) is 0 Å². The maximum absolute atomic E-state index is 10.1. The summed E-state index contributed by atoms with van der Waals surface area (Å²) in [5.41, 5.74) is 6.09. The van der Waals surface area contributed by atoms with E-state index in [1.54, 1.807) is 0 Å². The van der Waals surface area contributed by atoms with Gasteiger partial charge in [-0.3, -0.25) is 0 Å². The molecule has 0 aromatic heterocycles. The molecule has 0 aliphatic rings. The summed E-state index contributed by atoms with van der Waals surface area (Å²) in [5.74, 6) is 0. The third-order valence-corrected chi connectivity index (χ3v) is 4.49. The SMILES string of the molecule is CCCCCCCCCC(O)C(N)CCCCCCCC. The minimum absolute atomic E-state index is 0.00346. The average molecular weight is 300 g/mol. The molecule has 128 valence electrons. The van der Waals surface area contributed by atoms with Gasteiger partial charge in [-0.2, -0.15) is 0 Å². The highest BCUT2D eigenvalue weighted by Gasteiger charge is 2.13. The molecular weight excluding hydrogens is 258 g/mol. The van der Waals surface area contributed by atoms with Crippen LogP contribution in [0.2, 0.25) is 0 Å². The molecule has 0 heterocycles. The van der Waals surface area contributed by atoms with Crippen molar-refractivity contribution < 1.29 is 5.11 Å². The van der Waals surface area contributed by atoms with Crippen LogP contribution >= 0.6 is 0 Å². The quantitative estimate of drug-likeness (QED) is 0.366. The molecule has 0 spiro atoms. The van der Waals surface area contributed by atoms with Gasteiger partial charge in [0.2, 0.25) is 0 Å². The monoisotopic (exact) mass is 299 g/mol. The fourth-order valence-electron chi connectivity index (χ4n) is 2.88. The van der Waals surface area contributed by atoms with E-state index in [9.17, 15) is 5.11 Å². The molecule has 2 heteroatoms. The largest absolute Gasteiger partial charge is 0.392 e. The fourth-order valence-corrected chi connectivity index (χ4v) is 2.88. The summed E-state index contributed by atoms with van der Waals surface area (Å²) in [6.45, 7) is 4.50. The molecule has 0 saturated heterocycles. The predicted octanol–water partition coefficient (Wildman–Crippen LogP) is 5.57. The minimum Gasteiger partial charge on any atom is -0.392 e.